The van der Waals surface area contributed by atoms with Gasteiger partial charge in [-0.05, 0) is 12.1 Å². The minimum absolute atomic E-state index is 0.198. The van der Waals surface area contributed by atoms with Gasteiger partial charge in [0.25, 0.3) is 0 Å². The Balaban J connectivity index is 2.99. The molecule has 84 valence electrons. The van der Waals surface area contributed by atoms with Gasteiger partial charge in [-0.25, -0.2) is 9.59 Å². The largest absolute Gasteiger partial charge is 0.419 e. The van der Waals surface area contributed by atoms with Crippen molar-refractivity contribution < 1.29 is 17.6 Å². The predicted octanol–water partition coefficient (Wildman–Crippen LogP) is 1.50. The van der Waals surface area contributed by atoms with Crippen molar-refractivity contribution in [3.05, 3.63) is 44.7 Å². The van der Waals surface area contributed by atoms with E-state index < -0.39 is 28.5 Å². The van der Waals surface area contributed by atoms with Gasteiger partial charge in [-0.15, -0.1) is 0 Å². The molecule has 4 nitrogen and oxygen atoms in total. The van der Waals surface area contributed by atoms with E-state index in [0.29, 0.717) is 0 Å². The van der Waals surface area contributed by atoms with Crippen molar-refractivity contribution in [1.82, 2.24) is 4.98 Å². The molecule has 0 saturated heterocycles. The van der Waals surface area contributed by atoms with Crippen LogP contribution in [0.2, 0.25) is 0 Å². The van der Waals surface area contributed by atoms with Crippen molar-refractivity contribution in [2.45, 2.75) is 6.18 Å². The Hall–Kier alpha value is -2.05. The van der Waals surface area contributed by atoms with Gasteiger partial charge in [0.15, 0.2) is 0 Å². The molecule has 0 saturated carbocycles. The summed E-state index contributed by atoms with van der Waals surface area (Å²) < 4.78 is 41.6. The van der Waals surface area contributed by atoms with Crippen LogP contribution >= 0.6 is 0 Å². The van der Waals surface area contributed by atoms with Gasteiger partial charge >= 0.3 is 17.6 Å². The molecule has 0 aliphatic heterocycles. The normalized spacial score (nSPS) is 11.9. The molecular weight excluding hydrogens is 227 g/mol. The Morgan fingerprint density at radius 1 is 1.19 bits per heavy atom. The first-order valence-electron chi connectivity index (χ1n) is 4.13. The third-order valence-corrected chi connectivity index (χ3v) is 2.00. The number of nitrogens with one attached hydrogen (secondary N) is 1. The van der Waals surface area contributed by atoms with Gasteiger partial charge in [-0.3, -0.25) is 4.98 Å². The van der Waals surface area contributed by atoms with Crippen molar-refractivity contribution in [3.63, 3.8) is 0 Å². The van der Waals surface area contributed by atoms with Crippen LogP contribution in [0.1, 0.15) is 5.56 Å². The summed E-state index contributed by atoms with van der Waals surface area (Å²) in [6.45, 7) is 0. The Bertz CT molecular complexity index is 653. The van der Waals surface area contributed by atoms with E-state index in [1.54, 1.807) is 0 Å². The molecular formula is C9H4F3NO3. The van der Waals surface area contributed by atoms with E-state index in [0.717, 1.165) is 12.1 Å². The lowest BCUT2D eigenvalue weighted by Gasteiger charge is -2.07. The summed E-state index contributed by atoms with van der Waals surface area (Å²) in [5.41, 5.74) is -2.63. The molecule has 2 rings (SSSR count). The summed E-state index contributed by atoms with van der Waals surface area (Å²) in [4.78, 5) is 24.0. The third kappa shape index (κ3) is 1.60. The molecule has 16 heavy (non-hydrogen) atoms. The van der Waals surface area contributed by atoms with Crippen LogP contribution in [0.4, 0.5) is 13.2 Å². The minimum atomic E-state index is -4.67. The predicted molar refractivity (Wildman–Crippen MR) is 48.1 cm³/mol. The third-order valence-electron chi connectivity index (χ3n) is 2.00. The smallest absolute Gasteiger partial charge is 0.372 e. The van der Waals surface area contributed by atoms with E-state index in [4.69, 9.17) is 0 Å². The molecule has 0 atom stereocenters. The maximum atomic E-state index is 12.5. The second kappa shape index (κ2) is 3.22. The standard InChI is InChI=1S/C9H4F3NO3/c10-9(11,12)4-2-1-3-5-6(4)7(14)16-8(15)13-5/h1-3H,(H,13,15). The molecule has 1 N–H and O–H groups in total. The average molecular weight is 231 g/mol. The SMILES string of the molecule is O=c1[nH]c2cccc(C(F)(F)F)c2c(=O)o1. The highest BCUT2D eigenvalue weighted by Gasteiger charge is 2.33. The molecule has 1 aromatic carbocycles. The second-order valence-corrected chi connectivity index (χ2v) is 3.03. The summed E-state index contributed by atoms with van der Waals surface area (Å²) in [7, 11) is 0. The van der Waals surface area contributed by atoms with Gasteiger partial charge in [0.2, 0.25) is 0 Å². The Morgan fingerprint density at radius 3 is 2.50 bits per heavy atom. The van der Waals surface area contributed by atoms with Crippen LogP contribution in [0.15, 0.2) is 32.2 Å². The summed E-state index contributed by atoms with van der Waals surface area (Å²) in [5, 5.41) is -0.672. The maximum absolute atomic E-state index is 12.5. The Morgan fingerprint density at radius 2 is 1.88 bits per heavy atom. The zero-order valence-electron chi connectivity index (χ0n) is 7.59. The maximum Gasteiger partial charge on any atom is 0.419 e. The molecule has 0 amide bonds. The van der Waals surface area contributed by atoms with Crippen LogP contribution in [0.25, 0.3) is 10.9 Å². The van der Waals surface area contributed by atoms with Gasteiger partial charge in [0, 0.05) is 0 Å². The summed E-state index contributed by atoms with van der Waals surface area (Å²) in [6, 6.07) is 3.04. The monoisotopic (exact) mass is 231 g/mol. The number of benzene rings is 1. The molecule has 0 aliphatic carbocycles. The first-order valence-corrected chi connectivity index (χ1v) is 4.13. The zero-order chi connectivity index (χ0) is 11.9. The minimum Gasteiger partial charge on any atom is -0.372 e. The fraction of sp³-hybridized carbons (Fsp3) is 0.111. The van der Waals surface area contributed by atoms with Gasteiger partial charge in [0.05, 0.1) is 16.5 Å². The number of alkyl halides is 3. The zero-order valence-corrected chi connectivity index (χ0v) is 7.59. The van der Waals surface area contributed by atoms with Crippen LogP contribution in [-0.4, -0.2) is 4.98 Å². The molecule has 0 fully saturated rings. The number of aromatic amines is 1. The van der Waals surface area contributed by atoms with Crippen LogP contribution in [0.3, 0.4) is 0 Å². The molecule has 0 spiro atoms. The lowest BCUT2D eigenvalue weighted by molar-refractivity contribution is -0.136. The molecule has 7 heteroatoms. The topological polar surface area (TPSA) is 63.1 Å². The average Bonchev–Trinajstić information content (AvgIpc) is 2.14. The summed E-state index contributed by atoms with van der Waals surface area (Å²) in [6.07, 6.45) is -4.67. The van der Waals surface area contributed by atoms with E-state index >= 15 is 0 Å². The number of aromatic nitrogens is 1. The molecule has 1 heterocycles. The Kier molecular flexibility index (Phi) is 2.11. The molecule has 2 aromatic rings. The van der Waals surface area contributed by atoms with Crippen molar-refractivity contribution in [2.75, 3.05) is 0 Å². The fourth-order valence-corrected chi connectivity index (χ4v) is 1.38. The molecule has 0 radical (unpaired) electrons. The van der Waals surface area contributed by atoms with Crippen LogP contribution in [-0.2, 0) is 6.18 Å². The van der Waals surface area contributed by atoms with Crippen molar-refractivity contribution in [1.29, 1.82) is 0 Å². The Labute approximate surface area is 85.3 Å². The lowest BCUT2D eigenvalue weighted by atomic mass is 10.1. The van der Waals surface area contributed by atoms with Gasteiger partial charge < -0.3 is 4.42 Å². The number of hydrogen-bond donors (Lipinski definition) is 1. The summed E-state index contributed by atoms with van der Waals surface area (Å²) in [5.74, 6) is -1.09. The van der Waals surface area contributed by atoms with Crippen LogP contribution in [0.5, 0.6) is 0 Å². The van der Waals surface area contributed by atoms with Crippen LogP contribution in [0, 0.1) is 0 Å². The number of rotatable bonds is 0. The number of halogens is 3. The van der Waals surface area contributed by atoms with E-state index in [-0.39, 0.29) is 5.52 Å². The number of H-pyrrole nitrogens is 1. The lowest BCUT2D eigenvalue weighted by Crippen LogP contribution is -2.18. The highest BCUT2D eigenvalue weighted by Crippen LogP contribution is 2.32. The second-order valence-electron chi connectivity index (χ2n) is 3.03. The first kappa shape index (κ1) is 10.5. The van der Waals surface area contributed by atoms with Crippen molar-refractivity contribution >= 4 is 10.9 Å². The van der Waals surface area contributed by atoms with Crippen molar-refractivity contribution in [2.24, 2.45) is 0 Å². The quantitative estimate of drug-likeness (QED) is 0.747. The van der Waals surface area contributed by atoms with Gasteiger partial charge in [-0.1, -0.05) is 6.07 Å². The molecule has 0 aliphatic rings. The number of hydrogen-bond acceptors (Lipinski definition) is 3. The number of fused-ring (bicyclic) bond motifs is 1. The van der Waals surface area contributed by atoms with Gasteiger partial charge in [-0.2, -0.15) is 13.2 Å². The fourth-order valence-electron chi connectivity index (χ4n) is 1.38. The van der Waals surface area contributed by atoms with E-state index in [2.05, 4.69) is 4.42 Å². The summed E-state index contributed by atoms with van der Waals surface area (Å²) >= 11 is 0. The first-order chi connectivity index (χ1) is 7.39. The van der Waals surface area contributed by atoms with Gasteiger partial charge in [0.1, 0.15) is 0 Å². The highest BCUT2D eigenvalue weighted by atomic mass is 19.4. The van der Waals surface area contributed by atoms with E-state index in [1.807, 2.05) is 4.98 Å². The van der Waals surface area contributed by atoms with E-state index in [1.165, 1.54) is 6.07 Å². The molecule has 1 aromatic heterocycles. The van der Waals surface area contributed by atoms with E-state index in [9.17, 15) is 22.8 Å². The highest BCUT2D eigenvalue weighted by molar-refractivity contribution is 5.81. The van der Waals surface area contributed by atoms with Crippen LogP contribution < -0.4 is 11.4 Å². The van der Waals surface area contributed by atoms with Crippen molar-refractivity contribution in [3.8, 4) is 0 Å². The molecule has 0 bridgehead atoms. The molecule has 0 unspecified atom stereocenters.